The van der Waals surface area contributed by atoms with Crippen LogP contribution in [0, 0.1) is 0 Å². The number of hydrogen-bond donors (Lipinski definition) is 3. The fourth-order valence-electron chi connectivity index (χ4n) is 5.71. The molecular weight excluding hydrogens is 516 g/mol. The number of halogens is 1. The van der Waals surface area contributed by atoms with Gasteiger partial charge in [-0.2, -0.15) is 0 Å². The molecule has 7 nitrogen and oxygen atoms in total. The van der Waals surface area contributed by atoms with Crippen molar-refractivity contribution < 1.29 is 24.5 Å². The molecule has 1 saturated carbocycles. The third-order valence-corrected chi connectivity index (χ3v) is 8.38. The molecule has 4 rings (SSSR count). The van der Waals surface area contributed by atoms with Gasteiger partial charge in [0.25, 0.3) is 0 Å². The smallest absolute Gasteiger partial charge is 0.388 e. The number of amides is 1. The highest BCUT2D eigenvalue weighted by Crippen LogP contribution is 2.37. The highest BCUT2D eigenvalue weighted by molar-refractivity contribution is 6.33. The zero-order valence-electron chi connectivity index (χ0n) is 23.0. The molecule has 2 atom stereocenters. The second kappa shape index (κ2) is 13.3. The first-order valence-electron chi connectivity index (χ1n) is 14.2. The number of ether oxygens (including phenoxy) is 1. The molecule has 1 heterocycles. The number of aliphatic hydroxyl groups is 2. The molecule has 2 aromatic rings. The van der Waals surface area contributed by atoms with Crippen molar-refractivity contribution in [3.8, 4) is 11.1 Å². The maximum Gasteiger partial charge on any atom is 0.417 e. The Bertz CT molecular complexity index is 1140. The molecule has 2 aromatic carbocycles. The first-order valence-corrected chi connectivity index (χ1v) is 14.6. The number of rotatable bonds is 9. The van der Waals surface area contributed by atoms with Gasteiger partial charge in [-0.3, -0.25) is 0 Å². The largest absolute Gasteiger partial charge is 0.417 e. The summed E-state index contributed by atoms with van der Waals surface area (Å²) in [6.45, 7) is 6.10. The van der Waals surface area contributed by atoms with Crippen molar-refractivity contribution >= 4 is 23.7 Å². The number of nitrogens with one attached hydrogen (secondary N) is 1. The first kappa shape index (κ1) is 29.5. The zero-order chi connectivity index (χ0) is 28.0. The monoisotopic (exact) mass is 556 g/mol. The third-order valence-electron chi connectivity index (χ3n) is 8.06. The highest BCUT2D eigenvalue weighted by atomic mass is 35.5. The Hall–Kier alpha value is -2.45. The average Bonchev–Trinajstić information content (AvgIpc) is 3.39. The molecule has 1 aliphatic carbocycles. The van der Waals surface area contributed by atoms with Gasteiger partial charge in [-0.05, 0) is 86.6 Å². The molecule has 3 N–H and O–H groups in total. The minimum absolute atomic E-state index is 0.116. The molecule has 1 amide bonds. The van der Waals surface area contributed by atoms with Gasteiger partial charge in [-0.1, -0.05) is 61.8 Å². The molecule has 212 valence electrons. The summed E-state index contributed by atoms with van der Waals surface area (Å²) < 4.78 is 5.21. The van der Waals surface area contributed by atoms with Crippen molar-refractivity contribution in [2.24, 2.45) is 0 Å². The number of piperidine rings is 1. The molecule has 2 unspecified atom stereocenters. The van der Waals surface area contributed by atoms with Gasteiger partial charge < -0.3 is 25.2 Å². The Balaban J connectivity index is 1.46. The number of nitrogens with zero attached hydrogens (tertiary/aromatic N) is 1. The Morgan fingerprint density at radius 2 is 1.90 bits per heavy atom. The Morgan fingerprint density at radius 1 is 1.15 bits per heavy atom. The first-order chi connectivity index (χ1) is 18.7. The molecule has 8 heteroatoms. The molecule has 39 heavy (non-hydrogen) atoms. The summed E-state index contributed by atoms with van der Waals surface area (Å²) in [5, 5.41) is 25.7. The number of esters is 1. The van der Waals surface area contributed by atoms with E-state index in [0.717, 1.165) is 48.9 Å². The fourth-order valence-corrected chi connectivity index (χ4v) is 6.00. The molecule has 0 bridgehead atoms. The van der Waals surface area contributed by atoms with Crippen LogP contribution in [0.5, 0.6) is 0 Å². The van der Waals surface area contributed by atoms with E-state index < -0.39 is 23.8 Å². The van der Waals surface area contributed by atoms with Crippen LogP contribution in [0.1, 0.15) is 88.4 Å². The van der Waals surface area contributed by atoms with Crippen LogP contribution in [0.3, 0.4) is 0 Å². The maximum atomic E-state index is 13.1. The second-order valence-electron chi connectivity index (χ2n) is 11.2. The van der Waals surface area contributed by atoms with Gasteiger partial charge in [0.2, 0.25) is 0 Å². The van der Waals surface area contributed by atoms with E-state index in [9.17, 15) is 19.8 Å². The number of carbonyl (C=O) groups excluding carboxylic acids is 2. The van der Waals surface area contributed by atoms with Crippen molar-refractivity contribution in [3.05, 3.63) is 58.6 Å². The predicted octanol–water partition coefficient (Wildman–Crippen LogP) is 5.97. The molecule has 0 spiro atoms. The van der Waals surface area contributed by atoms with Gasteiger partial charge in [-0.25, -0.2) is 9.59 Å². The van der Waals surface area contributed by atoms with Crippen LogP contribution in [0.4, 0.5) is 4.79 Å². The van der Waals surface area contributed by atoms with Crippen molar-refractivity contribution in [3.63, 3.8) is 0 Å². The number of hydrogen-bond acceptors (Lipinski definition) is 6. The summed E-state index contributed by atoms with van der Waals surface area (Å²) in [7, 11) is 0. The fraction of sp³-hybridized carbons (Fsp3) is 0.548. The lowest BCUT2D eigenvalue weighted by molar-refractivity contribution is -0.159. The number of aliphatic hydroxyl groups excluding tert-OH is 1. The highest BCUT2D eigenvalue weighted by Gasteiger charge is 2.42. The number of carbonyl (C=O) groups is 2. The minimum atomic E-state index is -1.57. The quantitative estimate of drug-likeness (QED) is 0.260. The predicted molar refractivity (Wildman–Crippen MR) is 153 cm³/mol. The standard InChI is InChI=1S/C31H41ClN2O5/c1-21(2)22-9-5-10-23(19-22)28-25(12-6-13-26(28)32)27(35)14-8-18-34(24-11-7-17-33-20-24)30(37)39-29(36)31(38)15-3-4-16-31/h5-6,9-10,12-13,19,21,24,27,33,35,38H,3-4,7-8,11,14-18,20H2,1-2H3. The van der Waals surface area contributed by atoms with Crippen molar-refractivity contribution in [1.82, 2.24) is 10.2 Å². The van der Waals surface area contributed by atoms with E-state index in [1.165, 1.54) is 5.56 Å². The van der Waals surface area contributed by atoms with E-state index in [1.807, 2.05) is 30.3 Å². The van der Waals surface area contributed by atoms with Crippen LogP contribution in [-0.2, 0) is 9.53 Å². The lowest BCUT2D eigenvalue weighted by Gasteiger charge is -2.34. The van der Waals surface area contributed by atoms with E-state index >= 15 is 0 Å². The SMILES string of the molecule is CC(C)c1cccc(-c2c(Cl)cccc2C(O)CCCN(C(=O)OC(=O)C2(O)CCCC2)C2CCCNC2)c1. The van der Waals surface area contributed by atoms with Gasteiger partial charge >= 0.3 is 12.1 Å². The van der Waals surface area contributed by atoms with E-state index in [2.05, 4.69) is 31.3 Å². The lowest BCUT2D eigenvalue weighted by Crippen LogP contribution is -2.51. The van der Waals surface area contributed by atoms with Crippen LogP contribution < -0.4 is 5.32 Å². The Labute approximate surface area is 236 Å². The van der Waals surface area contributed by atoms with Crippen LogP contribution >= 0.6 is 11.6 Å². The van der Waals surface area contributed by atoms with E-state index in [0.29, 0.717) is 49.7 Å². The molecule has 1 aliphatic heterocycles. The summed E-state index contributed by atoms with van der Waals surface area (Å²) >= 11 is 6.64. The second-order valence-corrected chi connectivity index (χ2v) is 11.6. The molecule has 0 radical (unpaired) electrons. The minimum Gasteiger partial charge on any atom is -0.388 e. The van der Waals surface area contributed by atoms with E-state index in [-0.39, 0.29) is 6.04 Å². The van der Waals surface area contributed by atoms with Crippen molar-refractivity contribution in [1.29, 1.82) is 0 Å². The average molecular weight is 557 g/mol. The Kier molecular flexibility index (Phi) is 10.0. The van der Waals surface area contributed by atoms with Gasteiger partial charge in [0.1, 0.15) is 0 Å². The number of benzene rings is 2. The normalized spacial score (nSPS) is 19.6. The third kappa shape index (κ3) is 7.20. The lowest BCUT2D eigenvalue weighted by atomic mass is 9.91. The van der Waals surface area contributed by atoms with Crippen LogP contribution in [0.15, 0.2) is 42.5 Å². The molecule has 0 aromatic heterocycles. The molecule has 2 aliphatic rings. The van der Waals surface area contributed by atoms with Crippen molar-refractivity contribution in [2.75, 3.05) is 19.6 Å². The summed E-state index contributed by atoms with van der Waals surface area (Å²) in [5.41, 5.74) is 2.15. The maximum absolute atomic E-state index is 13.1. The van der Waals surface area contributed by atoms with Crippen LogP contribution in [0.25, 0.3) is 11.1 Å². The zero-order valence-corrected chi connectivity index (χ0v) is 23.8. The molecule has 2 fully saturated rings. The molecular formula is C31H41ClN2O5. The summed E-state index contributed by atoms with van der Waals surface area (Å²) in [5.74, 6) is -0.493. The summed E-state index contributed by atoms with van der Waals surface area (Å²) in [4.78, 5) is 27.3. The van der Waals surface area contributed by atoms with Gasteiger partial charge in [0.15, 0.2) is 5.60 Å². The topological polar surface area (TPSA) is 99.1 Å². The molecule has 1 saturated heterocycles. The Morgan fingerprint density at radius 3 is 2.59 bits per heavy atom. The van der Waals surface area contributed by atoms with E-state index in [1.54, 1.807) is 4.90 Å². The van der Waals surface area contributed by atoms with Gasteiger partial charge in [0.05, 0.1) is 6.10 Å². The van der Waals surface area contributed by atoms with Crippen LogP contribution in [-0.4, -0.2) is 58.5 Å². The van der Waals surface area contributed by atoms with E-state index in [4.69, 9.17) is 16.3 Å². The van der Waals surface area contributed by atoms with Crippen molar-refractivity contribution in [2.45, 2.75) is 88.9 Å². The van der Waals surface area contributed by atoms with Gasteiger partial charge in [-0.15, -0.1) is 0 Å². The summed E-state index contributed by atoms with van der Waals surface area (Å²) in [6.07, 6.45) is 3.22. The van der Waals surface area contributed by atoms with Crippen LogP contribution in [0.2, 0.25) is 5.02 Å². The van der Waals surface area contributed by atoms with Gasteiger partial charge in [0, 0.05) is 29.7 Å². The summed E-state index contributed by atoms with van der Waals surface area (Å²) in [6, 6.07) is 13.7.